The number of para-hydroxylation sites is 1. The van der Waals surface area contributed by atoms with Gasteiger partial charge in [-0.1, -0.05) is 43.3 Å². The standard InChI is InChI=1S/C23H30N4OS/c1-3-18-9-8-12-21-19(17-27-22(18)21)13-14-25-23(24-4-2)26-15-16-29(28)20-10-6-5-7-11-20/h5-12,17,27H,3-4,13-16H2,1-2H3,(H2,24,25,26). The third kappa shape index (κ3) is 5.70. The van der Waals surface area contributed by atoms with E-state index in [0.717, 1.165) is 36.8 Å². The maximum Gasteiger partial charge on any atom is 0.191 e. The number of rotatable bonds is 9. The molecule has 1 atom stereocenters. The number of aliphatic imine (C=N–C) groups is 1. The van der Waals surface area contributed by atoms with E-state index < -0.39 is 10.8 Å². The van der Waals surface area contributed by atoms with Gasteiger partial charge in [0, 0.05) is 40.8 Å². The summed E-state index contributed by atoms with van der Waals surface area (Å²) < 4.78 is 12.3. The SMILES string of the molecule is CCNC(=NCCS(=O)c1ccccc1)NCCc1c[nH]c2c(CC)cccc12. The van der Waals surface area contributed by atoms with E-state index in [1.54, 1.807) is 0 Å². The van der Waals surface area contributed by atoms with Crippen LogP contribution in [0.2, 0.25) is 0 Å². The molecule has 0 radical (unpaired) electrons. The fourth-order valence-electron chi connectivity index (χ4n) is 3.36. The van der Waals surface area contributed by atoms with Crippen LogP contribution < -0.4 is 10.6 Å². The highest BCUT2D eigenvalue weighted by Gasteiger charge is 2.07. The molecule has 2 aromatic carbocycles. The molecular formula is C23H30N4OS. The third-order valence-electron chi connectivity index (χ3n) is 4.85. The zero-order valence-electron chi connectivity index (χ0n) is 17.2. The fraction of sp³-hybridized carbons (Fsp3) is 0.348. The van der Waals surface area contributed by atoms with Gasteiger partial charge < -0.3 is 15.6 Å². The van der Waals surface area contributed by atoms with Crippen molar-refractivity contribution in [1.82, 2.24) is 15.6 Å². The lowest BCUT2D eigenvalue weighted by Gasteiger charge is -2.11. The van der Waals surface area contributed by atoms with Gasteiger partial charge in [0.1, 0.15) is 0 Å². The number of guanidine groups is 1. The monoisotopic (exact) mass is 410 g/mol. The first-order chi connectivity index (χ1) is 14.2. The molecule has 0 bridgehead atoms. The molecule has 5 nitrogen and oxygen atoms in total. The lowest BCUT2D eigenvalue weighted by molar-refractivity contribution is 0.682. The fourth-order valence-corrected chi connectivity index (χ4v) is 4.32. The molecule has 0 saturated carbocycles. The molecule has 3 aromatic rings. The Morgan fingerprint density at radius 2 is 1.86 bits per heavy atom. The zero-order valence-corrected chi connectivity index (χ0v) is 18.0. The molecule has 1 heterocycles. The van der Waals surface area contributed by atoms with E-state index in [1.807, 2.05) is 37.3 Å². The summed E-state index contributed by atoms with van der Waals surface area (Å²) in [6.07, 6.45) is 4.04. The van der Waals surface area contributed by atoms with Crippen LogP contribution in [-0.4, -0.2) is 40.5 Å². The van der Waals surface area contributed by atoms with Crippen LogP contribution in [0.15, 0.2) is 64.6 Å². The summed E-state index contributed by atoms with van der Waals surface area (Å²) in [4.78, 5) is 8.86. The van der Waals surface area contributed by atoms with Gasteiger partial charge in [-0.3, -0.25) is 9.20 Å². The van der Waals surface area contributed by atoms with Crippen LogP contribution in [0, 0.1) is 0 Å². The first-order valence-electron chi connectivity index (χ1n) is 10.3. The molecule has 0 amide bonds. The van der Waals surface area contributed by atoms with Crippen LogP contribution in [-0.2, 0) is 23.6 Å². The summed E-state index contributed by atoms with van der Waals surface area (Å²) in [7, 11) is -1.02. The van der Waals surface area contributed by atoms with Crippen molar-refractivity contribution in [2.75, 3.05) is 25.4 Å². The Balaban J connectivity index is 1.54. The number of aromatic amines is 1. The molecule has 0 aliphatic rings. The van der Waals surface area contributed by atoms with Crippen molar-refractivity contribution in [2.45, 2.75) is 31.6 Å². The number of aryl methyl sites for hydroxylation is 1. The van der Waals surface area contributed by atoms with Gasteiger partial charge in [0.25, 0.3) is 0 Å². The second-order valence-corrected chi connectivity index (χ2v) is 8.38. The van der Waals surface area contributed by atoms with E-state index in [2.05, 4.69) is 51.9 Å². The highest BCUT2D eigenvalue weighted by Crippen LogP contribution is 2.22. The highest BCUT2D eigenvalue weighted by atomic mass is 32.2. The number of nitrogens with zero attached hydrogens (tertiary/aromatic N) is 1. The quantitative estimate of drug-likeness (QED) is 0.373. The predicted molar refractivity (Wildman–Crippen MR) is 123 cm³/mol. The number of fused-ring (bicyclic) bond motifs is 1. The van der Waals surface area contributed by atoms with Gasteiger partial charge in [0.15, 0.2) is 5.96 Å². The van der Waals surface area contributed by atoms with Gasteiger partial charge in [-0.15, -0.1) is 0 Å². The van der Waals surface area contributed by atoms with Crippen LogP contribution in [0.25, 0.3) is 10.9 Å². The first kappa shape index (κ1) is 21.1. The molecule has 0 fully saturated rings. The number of hydrogen-bond acceptors (Lipinski definition) is 2. The Bertz CT molecular complexity index is 965. The van der Waals surface area contributed by atoms with E-state index in [9.17, 15) is 4.21 Å². The van der Waals surface area contributed by atoms with Gasteiger partial charge in [0.05, 0.1) is 17.3 Å². The second kappa shape index (κ2) is 10.8. The molecule has 0 saturated heterocycles. The summed E-state index contributed by atoms with van der Waals surface area (Å²) in [6.45, 7) is 6.33. The van der Waals surface area contributed by atoms with Crippen molar-refractivity contribution < 1.29 is 4.21 Å². The number of H-pyrrole nitrogens is 1. The number of nitrogens with one attached hydrogen (secondary N) is 3. The van der Waals surface area contributed by atoms with Crippen molar-refractivity contribution in [3.63, 3.8) is 0 Å². The van der Waals surface area contributed by atoms with Crippen molar-refractivity contribution in [2.24, 2.45) is 4.99 Å². The smallest absolute Gasteiger partial charge is 0.191 e. The number of aromatic nitrogens is 1. The average Bonchev–Trinajstić information content (AvgIpc) is 3.17. The lowest BCUT2D eigenvalue weighted by Crippen LogP contribution is -2.38. The second-order valence-electron chi connectivity index (χ2n) is 6.81. The highest BCUT2D eigenvalue weighted by molar-refractivity contribution is 7.85. The minimum absolute atomic E-state index is 0.517. The Kier molecular flexibility index (Phi) is 7.87. The molecule has 29 heavy (non-hydrogen) atoms. The van der Waals surface area contributed by atoms with Crippen molar-refractivity contribution in [3.05, 3.63) is 65.9 Å². The molecule has 6 heteroatoms. The van der Waals surface area contributed by atoms with E-state index in [0.29, 0.717) is 12.3 Å². The minimum Gasteiger partial charge on any atom is -0.361 e. The van der Waals surface area contributed by atoms with E-state index in [-0.39, 0.29) is 0 Å². The Labute approximate surface area is 175 Å². The van der Waals surface area contributed by atoms with Crippen LogP contribution in [0.3, 0.4) is 0 Å². The molecule has 0 aliphatic carbocycles. The third-order valence-corrected chi connectivity index (χ3v) is 6.20. The molecular weight excluding hydrogens is 380 g/mol. The summed E-state index contributed by atoms with van der Waals surface area (Å²) in [5.41, 5.74) is 3.90. The zero-order chi connectivity index (χ0) is 20.5. The van der Waals surface area contributed by atoms with E-state index in [4.69, 9.17) is 0 Å². The molecule has 3 N–H and O–H groups in total. The van der Waals surface area contributed by atoms with Crippen LogP contribution in [0.1, 0.15) is 25.0 Å². The van der Waals surface area contributed by atoms with E-state index in [1.165, 1.54) is 22.0 Å². The topological polar surface area (TPSA) is 69.3 Å². The molecule has 0 aliphatic heterocycles. The van der Waals surface area contributed by atoms with Crippen molar-refractivity contribution in [3.8, 4) is 0 Å². The van der Waals surface area contributed by atoms with Gasteiger partial charge >= 0.3 is 0 Å². The van der Waals surface area contributed by atoms with Gasteiger partial charge in [-0.05, 0) is 43.0 Å². The Morgan fingerprint density at radius 1 is 1.03 bits per heavy atom. The maximum absolute atomic E-state index is 12.3. The number of benzene rings is 2. The molecule has 154 valence electrons. The van der Waals surface area contributed by atoms with Gasteiger partial charge in [-0.2, -0.15) is 0 Å². The maximum atomic E-state index is 12.3. The van der Waals surface area contributed by atoms with Crippen molar-refractivity contribution >= 4 is 27.7 Å². The van der Waals surface area contributed by atoms with E-state index >= 15 is 0 Å². The van der Waals surface area contributed by atoms with Crippen LogP contribution in [0.5, 0.6) is 0 Å². The summed E-state index contributed by atoms with van der Waals surface area (Å²) in [5.74, 6) is 1.29. The van der Waals surface area contributed by atoms with Crippen LogP contribution >= 0.6 is 0 Å². The predicted octanol–water partition coefficient (Wildman–Crippen LogP) is 3.64. The molecule has 1 aromatic heterocycles. The Hall–Kier alpha value is -2.60. The molecule has 1 unspecified atom stereocenters. The molecule has 3 rings (SSSR count). The Morgan fingerprint density at radius 3 is 2.62 bits per heavy atom. The van der Waals surface area contributed by atoms with Gasteiger partial charge in [-0.25, -0.2) is 0 Å². The van der Waals surface area contributed by atoms with Crippen molar-refractivity contribution in [1.29, 1.82) is 0 Å². The summed E-state index contributed by atoms with van der Waals surface area (Å²) in [6, 6.07) is 16.0. The first-order valence-corrected chi connectivity index (χ1v) is 11.6. The largest absolute Gasteiger partial charge is 0.361 e. The minimum atomic E-state index is -1.02. The summed E-state index contributed by atoms with van der Waals surface area (Å²) >= 11 is 0. The van der Waals surface area contributed by atoms with Crippen LogP contribution in [0.4, 0.5) is 0 Å². The summed E-state index contributed by atoms with van der Waals surface area (Å²) in [5, 5.41) is 7.95. The molecule has 0 spiro atoms. The van der Waals surface area contributed by atoms with Gasteiger partial charge in [0.2, 0.25) is 0 Å². The number of hydrogen-bond donors (Lipinski definition) is 3. The average molecular weight is 411 g/mol. The lowest BCUT2D eigenvalue weighted by atomic mass is 10.1. The normalized spacial score (nSPS) is 12.8.